The van der Waals surface area contributed by atoms with Crippen molar-refractivity contribution in [1.29, 1.82) is 0 Å². The molecule has 0 saturated carbocycles. The Kier molecular flexibility index (Phi) is 5.77. The monoisotopic (exact) mass is 450 g/mol. The van der Waals surface area contributed by atoms with Crippen LogP contribution in [0.4, 0.5) is 0 Å². The molecule has 1 aromatic carbocycles. The van der Waals surface area contributed by atoms with Gasteiger partial charge in [0, 0.05) is 38.4 Å². The van der Waals surface area contributed by atoms with Gasteiger partial charge in [-0.15, -0.1) is 0 Å². The van der Waals surface area contributed by atoms with Crippen molar-refractivity contribution in [1.82, 2.24) is 28.7 Å². The number of nitrogens with zero attached hydrogens (tertiary/aromatic N) is 6. The molecule has 3 heterocycles. The summed E-state index contributed by atoms with van der Waals surface area (Å²) in [5, 5.41) is 0.916. The molecule has 0 spiro atoms. The van der Waals surface area contributed by atoms with Gasteiger partial charge in [0.05, 0.1) is 5.75 Å². The van der Waals surface area contributed by atoms with Gasteiger partial charge in [-0.25, -0.2) is 19.7 Å². The number of aryl methyl sites for hydroxylation is 1. The first-order valence-corrected chi connectivity index (χ1v) is 11.3. The van der Waals surface area contributed by atoms with Gasteiger partial charge in [-0.05, 0) is 5.56 Å². The Bertz CT molecular complexity index is 1400. The number of benzene rings is 1. The third kappa shape index (κ3) is 4.12. The topological polar surface area (TPSA) is 87.6 Å². The van der Waals surface area contributed by atoms with Crippen LogP contribution < -0.4 is 11.2 Å². The summed E-state index contributed by atoms with van der Waals surface area (Å²) in [5.74, 6) is 1.99. The number of hydrogen-bond donors (Lipinski definition) is 0. The molecule has 32 heavy (non-hydrogen) atoms. The minimum Gasteiger partial charge on any atom is -0.330 e. The van der Waals surface area contributed by atoms with E-state index < -0.39 is 11.2 Å². The molecule has 0 fully saturated rings. The fourth-order valence-electron chi connectivity index (χ4n) is 3.41. The zero-order valence-corrected chi connectivity index (χ0v) is 19.7. The van der Waals surface area contributed by atoms with E-state index in [0.717, 1.165) is 10.4 Å². The second kappa shape index (κ2) is 8.38. The highest BCUT2D eigenvalue weighted by atomic mass is 32.2. The molecule has 0 aliphatic heterocycles. The summed E-state index contributed by atoms with van der Waals surface area (Å²) < 4.78 is 4.60. The molecule has 3 aromatic heterocycles. The average Bonchev–Trinajstić information content (AvgIpc) is 3.21. The van der Waals surface area contributed by atoms with Gasteiger partial charge in [-0.1, -0.05) is 62.9 Å². The molecular weight excluding hydrogens is 424 g/mol. The van der Waals surface area contributed by atoms with Gasteiger partial charge in [0.25, 0.3) is 5.56 Å². The molecule has 0 unspecified atom stereocenters. The van der Waals surface area contributed by atoms with Crippen LogP contribution in [0, 0.1) is 0 Å². The Hall–Kier alpha value is -3.20. The van der Waals surface area contributed by atoms with Crippen LogP contribution in [-0.4, -0.2) is 28.7 Å². The fourth-order valence-corrected chi connectivity index (χ4v) is 4.39. The summed E-state index contributed by atoms with van der Waals surface area (Å²) in [6.07, 6.45) is 3.73. The maximum absolute atomic E-state index is 13.0. The summed E-state index contributed by atoms with van der Waals surface area (Å²) in [6, 6.07) is 10.2. The second-order valence-corrected chi connectivity index (χ2v) is 9.72. The summed E-state index contributed by atoms with van der Waals surface area (Å²) in [5.41, 5.74) is 0.400. The highest BCUT2D eigenvalue weighted by molar-refractivity contribution is 7.98. The van der Waals surface area contributed by atoms with Gasteiger partial charge in [-0.2, -0.15) is 0 Å². The van der Waals surface area contributed by atoms with E-state index in [1.54, 1.807) is 13.2 Å². The van der Waals surface area contributed by atoms with Crippen molar-refractivity contribution in [2.45, 2.75) is 43.5 Å². The number of imidazole rings is 1. The van der Waals surface area contributed by atoms with E-state index in [4.69, 9.17) is 4.98 Å². The lowest BCUT2D eigenvalue weighted by Crippen LogP contribution is -2.38. The molecule has 0 radical (unpaired) electrons. The van der Waals surface area contributed by atoms with Crippen molar-refractivity contribution in [3.05, 3.63) is 80.8 Å². The van der Waals surface area contributed by atoms with E-state index in [0.29, 0.717) is 34.2 Å². The SMILES string of the molecule is Cn1c(=O)c2c(SCc3nccn3Cc3ccccc3)nc(C(C)(C)C)nc2n(C)c1=O. The van der Waals surface area contributed by atoms with Crippen LogP contribution in [0.2, 0.25) is 0 Å². The highest BCUT2D eigenvalue weighted by Crippen LogP contribution is 2.29. The lowest BCUT2D eigenvalue weighted by Gasteiger charge is -2.19. The van der Waals surface area contributed by atoms with Crippen molar-refractivity contribution in [2.75, 3.05) is 0 Å². The maximum Gasteiger partial charge on any atom is 0.332 e. The predicted molar refractivity (Wildman–Crippen MR) is 126 cm³/mol. The van der Waals surface area contributed by atoms with Crippen LogP contribution in [0.3, 0.4) is 0 Å². The summed E-state index contributed by atoms with van der Waals surface area (Å²) in [4.78, 5) is 39.3. The van der Waals surface area contributed by atoms with E-state index in [1.165, 1.54) is 28.9 Å². The minimum atomic E-state index is -0.407. The molecule has 0 bridgehead atoms. The molecule has 0 aliphatic carbocycles. The fraction of sp³-hybridized carbons (Fsp3) is 0.348. The van der Waals surface area contributed by atoms with Crippen LogP contribution in [-0.2, 0) is 31.8 Å². The number of rotatable bonds is 5. The Morgan fingerprint density at radius 2 is 1.72 bits per heavy atom. The maximum atomic E-state index is 13.0. The van der Waals surface area contributed by atoms with E-state index >= 15 is 0 Å². The predicted octanol–water partition coefficient (Wildman–Crippen LogP) is 2.86. The third-order valence-electron chi connectivity index (χ3n) is 5.27. The molecule has 4 rings (SSSR count). The van der Waals surface area contributed by atoms with Crippen LogP contribution in [0.5, 0.6) is 0 Å². The first-order valence-electron chi connectivity index (χ1n) is 10.3. The molecule has 0 aliphatic rings. The average molecular weight is 451 g/mol. The number of thioether (sulfide) groups is 1. The Balaban J connectivity index is 1.76. The van der Waals surface area contributed by atoms with Crippen LogP contribution in [0.1, 0.15) is 38.0 Å². The van der Waals surface area contributed by atoms with Gasteiger partial charge in [0.15, 0.2) is 5.65 Å². The van der Waals surface area contributed by atoms with Gasteiger partial charge in [0.1, 0.15) is 22.1 Å². The van der Waals surface area contributed by atoms with E-state index in [1.807, 2.05) is 45.2 Å². The largest absolute Gasteiger partial charge is 0.332 e. The Morgan fingerprint density at radius 3 is 2.41 bits per heavy atom. The molecule has 166 valence electrons. The standard InChI is InChI=1S/C23H26N6O2S/c1-23(2,3)21-25-18-17(20(30)28(5)22(31)27(18)4)19(26-21)32-14-16-24-11-12-29(16)13-15-9-7-6-8-10-15/h6-12H,13-14H2,1-5H3. The number of hydrogen-bond acceptors (Lipinski definition) is 6. The molecule has 0 amide bonds. The van der Waals surface area contributed by atoms with Crippen molar-refractivity contribution >= 4 is 22.8 Å². The first-order chi connectivity index (χ1) is 15.2. The van der Waals surface area contributed by atoms with E-state index in [-0.39, 0.29) is 5.41 Å². The zero-order chi connectivity index (χ0) is 23.0. The summed E-state index contributed by atoms with van der Waals surface area (Å²) in [7, 11) is 3.10. The highest BCUT2D eigenvalue weighted by Gasteiger charge is 2.24. The van der Waals surface area contributed by atoms with Crippen molar-refractivity contribution in [2.24, 2.45) is 14.1 Å². The van der Waals surface area contributed by atoms with Crippen LogP contribution >= 0.6 is 11.8 Å². The van der Waals surface area contributed by atoms with E-state index in [2.05, 4.69) is 26.7 Å². The number of fused-ring (bicyclic) bond motifs is 1. The summed E-state index contributed by atoms with van der Waals surface area (Å²) in [6.45, 7) is 6.74. The summed E-state index contributed by atoms with van der Waals surface area (Å²) >= 11 is 1.44. The third-order valence-corrected chi connectivity index (χ3v) is 6.24. The molecule has 8 nitrogen and oxygen atoms in total. The van der Waals surface area contributed by atoms with Gasteiger partial charge in [0.2, 0.25) is 0 Å². The second-order valence-electron chi connectivity index (χ2n) is 8.75. The zero-order valence-electron chi connectivity index (χ0n) is 18.9. The van der Waals surface area contributed by atoms with Crippen molar-refractivity contribution in [3.8, 4) is 0 Å². The lowest BCUT2D eigenvalue weighted by molar-refractivity contribution is 0.539. The molecule has 0 N–H and O–H groups in total. The quantitative estimate of drug-likeness (QED) is 0.343. The van der Waals surface area contributed by atoms with Crippen molar-refractivity contribution < 1.29 is 0 Å². The van der Waals surface area contributed by atoms with Crippen molar-refractivity contribution in [3.63, 3.8) is 0 Å². The molecule has 0 atom stereocenters. The van der Waals surface area contributed by atoms with Crippen LogP contribution in [0.15, 0.2) is 57.3 Å². The molecule has 9 heteroatoms. The Labute approximate surface area is 190 Å². The van der Waals surface area contributed by atoms with Gasteiger partial charge in [-0.3, -0.25) is 13.9 Å². The molecule has 4 aromatic rings. The van der Waals surface area contributed by atoms with Crippen LogP contribution in [0.25, 0.3) is 11.0 Å². The number of aromatic nitrogens is 6. The minimum absolute atomic E-state index is 0.341. The van der Waals surface area contributed by atoms with Gasteiger partial charge >= 0.3 is 5.69 Å². The molecular formula is C23H26N6O2S. The smallest absolute Gasteiger partial charge is 0.330 e. The Morgan fingerprint density at radius 1 is 1.00 bits per heavy atom. The molecule has 0 saturated heterocycles. The first kappa shape index (κ1) is 22.0. The van der Waals surface area contributed by atoms with E-state index in [9.17, 15) is 9.59 Å². The van der Waals surface area contributed by atoms with Gasteiger partial charge < -0.3 is 4.57 Å². The lowest BCUT2D eigenvalue weighted by atomic mass is 9.96. The normalized spacial score (nSPS) is 11.9.